The molecule has 0 aliphatic heterocycles. The van der Waals surface area contributed by atoms with E-state index in [0.717, 1.165) is 28.2 Å². The van der Waals surface area contributed by atoms with Crippen LogP contribution >= 0.6 is 0 Å². The molecule has 0 heterocycles. The topological polar surface area (TPSA) is 3.24 Å². The second-order valence-corrected chi connectivity index (χ2v) is 15.7. The van der Waals surface area contributed by atoms with Crippen molar-refractivity contribution in [2.24, 2.45) is 0 Å². The predicted octanol–water partition coefficient (Wildman–Crippen LogP) is 17.0. The third kappa shape index (κ3) is 6.83. The van der Waals surface area contributed by atoms with E-state index in [-0.39, 0.29) is 0 Å². The lowest BCUT2D eigenvalue weighted by atomic mass is 9.88. The number of hydrogen-bond donors (Lipinski definition) is 0. The first-order valence-electron chi connectivity index (χ1n) is 21.0. The van der Waals surface area contributed by atoms with E-state index in [1.165, 1.54) is 76.8 Å². The first-order valence-corrected chi connectivity index (χ1v) is 21.0. The molecule has 61 heavy (non-hydrogen) atoms. The standard InChI is InChI=1S/C60H41N/c1-5-17-42(18-6-1)43-33-35-51(36-34-43)61(52-37-49-26-14-16-28-54(49)56(39-52)44-19-7-2-8-20-44)60-41-58(45-21-9-3-10-22-45)57(40-59(60)46-23-11-4-12-24-46)50-32-31-48-30-29-47-25-13-15-27-53(47)55(48)38-50/h1-41H. The van der Waals surface area contributed by atoms with Crippen LogP contribution in [0.25, 0.3) is 88.0 Å². The van der Waals surface area contributed by atoms with Crippen LogP contribution in [0.15, 0.2) is 249 Å². The van der Waals surface area contributed by atoms with Gasteiger partial charge in [-0.05, 0) is 125 Å². The van der Waals surface area contributed by atoms with Crippen molar-refractivity contribution in [3.8, 4) is 55.6 Å². The van der Waals surface area contributed by atoms with Crippen molar-refractivity contribution in [3.05, 3.63) is 249 Å². The molecule has 0 radical (unpaired) electrons. The highest BCUT2D eigenvalue weighted by Gasteiger charge is 2.23. The molecule has 0 spiro atoms. The van der Waals surface area contributed by atoms with Gasteiger partial charge in [0.05, 0.1) is 5.69 Å². The van der Waals surface area contributed by atoms with Gasteiger partial charge in [-0.15, -0.1) is 0 Å². The van der Waals surface area contributed by atoms with Crippen molar-refractivity contribution >= 4 is 49.4 Å². The molecule has 0 aliphatic carbocycles. The van der Waals surface area contributed by atoms with Crippen molar-refractivity contribution < 1.29 is 0 Å². The maximum atomic E-state index is 2.47. The van der Waals surface area contributed by atoms with E-state index in [9.17, 15) is 0 Å². The zero-order chi connectivity index (χ0) is 40.5. The van der Waals surface area contributed by atoms with Crippen LogP contribution in [0.2, 0.25) is 0 Å². The van der Waals surface area contributed by atoms with Gasteiger partial charge in [0.2, 0.25) is 0 Å². The fraction of sp³-hybridized carbons (Fsp3) is 0. The van der Waals surface area contributed by atoms with Gasteiger partial charge in [0.25, 0.3) is 0 Å². The Morgan fingerprint density at radius 1 is 0.213 bits per heavy atom. The summed E-state index contributed by atoms with van der Waals surface area (Å²) in [4.78, 5) is 2.47. The molecule has 0 aromatic heterocycles. The molecule has 11 rings (SSSR count). The molecule has 1 heteroatoms. The normalized spacial score (nSPS) is 11.3. The van der Waals surface area contributed by atoms with Gasteiger partial charge in [-0.1, -0.05) is 206 Å². The fourth-order valence-electron chi connectivity index (χ4n) is 9.03. The minimum absolute atomic E-state index is 1.08. The Balaban J connectivity index is 1.22. The van der Waals surface area contributed by atoms with Gasteiger partial charge >= 0.3 is 0 Å². The number of hydrogen-bond acceptors (Lipinski definition) is 1. The molecule has 1 nitrogen and oxygen atoms in total. The third-order valence-corrected chi connectivity index (χ3v) is 12.0. The summed E-state index contributed by atoms with van der Waals surface area (Å²) in [5, 5.41) is 7.41. The molecule has 0 saturated carbocycles. The SMILES string of the molecule is c1ccc(-c2ccc(N(c3cc(-c4ccccc4)c4ccccc4c3)c3cc(-c4ccccc4)c(-c4ccc5ccc6ccccc6c5c4)cc3-c3ccccc3)cc2)cc1. The quantitative estimate of drug-likeness (QED) is 0.139. The maximum absolute atomic E-state index is 2.47. The highest BCUT2D eigenvalue weighted by molar-refractivity contribution is 6.10. The van der Waals surface area contributed by atoms with Crippen LogP contribution < -0.4 is 4.90 Å². The molecular weight excluding hydrogens is 735 g/mol. The van der Waals surface area contributed by atoms with Crippen LogP contribution in [0, 0.1) is 0 Å². The third-order valence-electron chi connectivity index (χ3n) is 12.0. The van der Waals surface area contributed by atoms with Crippen LogP contribution in [0.3, 0.4) is 0 Å². The van der Waals surface area contributed by atoms with Crippen LogP contribution in [-0.2, 0) is 0 Å². The smallest absolute Gasteiger partial charge is 0.0546 e. The van der Waals surface area contributed by atoms with Gasteiger partial charge in [0, 0.05) is 16.9 Å². The average molecular weight is 776 g/mol. The van der Waals surface area contributed by atoms with Gasteiger partial charge < -0.3 is 4.90 Å². The second kappa shape index (κ2) is 15.6. The number of rotatable bonds is 8. The predicted molar refractivity (Wildman–Crippen MR) is 261 cm³/mol. The Kier molecular flexibility index (Phi) is 9.26. The summed E-state index contributed by atoms with van der Waals surface area (Å²) < 4.78 is 0. The Morgan fingerprint density at radius 3 is 1.33 bits per heavy atom. The summed E-state index contributed by atoms with van der Waals surface area (Å²) in [5.74, 6) is 0. The van der Waals surface area contributed by atoms with Gasteiger partial charge in [-0.2, -0.15) is 0 Å². The molecule has 0 N–H and O–H groups in total. The van der Waals surface area contributed by atoms with E-state index in [1.807, 2.05) is 0 Å². The van der Waals surface area contributed by atoms with E-state index < -0.39 is 0 Å². The molecule has 0 saturated heterocycles. The highest BCUT2D eigenvalue weighted by Crippen LogP contribution is 2.48. The minimum atomic E-state index is 1.08. The zero-order valence-corrected chi connectivity index (χ0v) is 33.6. The molecular formula is C60H41N. The fourth-order valence-corrected chi connectivity index (χ4v) is 9.03. The Morgan fingerprint density at radius 2 is 0.672 bits per heavy atom. The number of fused-ring (bicyclic) bond motifs is 4. The van der Waals surface area contributed by atoms with Gasteiger partial charge in [-0.3, -0.25) is 0 Å². The summed E-state index contributed by atoms with van der Waals surface area (Å²) >= 11 is 0. The molecule has 0 aliphatic rings. The number of benzene rings is 11. The van der Waals surface area contributed by atoms with Gasteiger partial charge in [-0.25, -0.2) is 0 Å². The summed E-state index contributed by atoms with van der Waals surface area (Å²) in [7, 11) is 0. The van der Waals surface area contributed by atoms with Crippen LogP contribution in [0.5, 0.6) is 0 Å². The largest absolute Gasteiger partial charge is 0.310 e. The average Bonchev–Trinajstić information content (AvgIpc) is 3.35. The van der Waals surface area contributed by atoms with Crippen LogP contribution in [-0.4, -0.2) is 0 Å². The van der Waals surface area contributed by atoms with E-state index in [1.54, 1.807) is 0 Å². The lowest BCUT2D eigenvalue weighted by molar-refractivity contribution is 1.29. The molecule has 11 aromatic rings. The van der Waals surface area contributed by atoms with Crippen molar-refractivity contribution in [3.63, 3.8) is 0 Å². The van der Waals surface area contributed by atoms with E-state index >= 15 is 0 Å². The van der Waals surface area contributed by atoms with Gasteiger partial charge in [0.15, 0.2) is 0 Å². The zero-order valence-electron chi connectivity index (χ0n) is 33.6. The van der Waals surface area contributed by atoms with Crippen molar-refractivity contribution in [2.45, 2.75) is 0 Å². The van der Waals surface area contributed by atoms with Crippen molar-refractivity contribution in [2.75, 3.05) is 4.90 Å². The molecule has 0 amide bonds. The summed E-state index contributed by atoms with van der Waals surface area (Å²) in [6, 6.07) is 90.7. The molecule has 11 aromatic carbocycles. The Hall–Kier alpha value is -8.00. The van der Waals surface area contributed by atoms with Crippen LogP contribution in [0.1, 0.15) is 0 Å². The summed E-state index contributed by atoms with van der Waals surface area (Å²) in [6.07, 6.45) is 0. The van der Waals surface area contributed by atoms with Crippen molar-refractivity contribution in [1.29, 1.82) is 0 Å². The van der Waals surface area contributed by atoms with Crippen molar-refractivity contribution in [1.82, 2.24) is 0 Å². The summed E-state index contributed by atoms with van der Waals surface area (Å²) in [5.41, 5.74) is 15.0. The molecule has 0 atom stereocenters. The van der Waals surface area contributed by atoms with E-state index in [2.05, 4.69) is 254 Å². The lowest BCUT2D eigenvalue weighted by Crippen LogP contribution is -2.12. The molecule has 0 unspecified atom stereocenters. The molecule has 0 fully saturated rings. The molecule has 0 bridgehead atoms. The Bertz CT molecular complexity index is 3320. The number of nitrogens with zero attached hydrogens (tertiary/aromatic N) is 1. The van der Waals surface area contributed by atoms with Crippen LogP contribution in [0.4, 0.5) is 17.1 Å². The highest BCUT2D eigenvalue weighted by atomic mass is 15.1. The Labute approximate surface area is 357 Å². The van der Waals surface area contributed by atoms with E-state index in [0.29, 0.717) is 0 Å². The second-order valence-electron chi connectivity index (χ2n) is 15.7. The minimum Gasteiger partial charge on any atom is -0.310 e. The first kappa shape index (κ1) is 36.1. The van der Waals surface area contributed by atoms with Gasteiger partial charge in [0.1, 0.15) is 0 Å². The molecule has 286 valence electrons. The maximum Gasteiger partial charge on any atom is 0.0546 e. The van der Waals surface area contributed by atoms with E-state index in [4.69, 9.17) is 0 Å². The number of anilines is 3. The first-order chi connectivity index (χ1) is 30.2. The monoisotopic (exact) mass is 775 g/mol. The lowest BCUT2D eigenvalue weighted by Gasteiger charge is -2.30. The summed E-state index contributed by atoms with van der Waals surface area (Å²) in [6.45, 7) is 0.